The Labute approximate surface area is 109 Å². The van der Waals surface area contributed by atoms with E-state index in [4.69, 9.17) is 5.11 Å². The molecule has 0 amide bonds. The third-order valence-corrected chi connectivity index (χ3v) is 2.92. The topological polar surface area (TPSA) is 60.8 Å². The van der Waals surface area contributed by atoms with Crippen LogP contribution in [0.15, 0.2) is 28.7 Å². The maximum absolute atomic E-state index is 10.4. The number of aliphatic hydroxyl groups is 1. The SMILES string of the molecule is CN(CC(O)CCC(=O)O)c1cccc(Br)c1. The molecule has 0 saturated carbocycles. The quantitative estimate of drug-likeness (QED) is 0.845. The Morgan fingerprint density at radius 1 is 1.53 bits per heavy atom. The van der Waals surface area contributed by atoms with Gasteiger partial charge >= 0.3 is 5.97 Å². The highest BCUT2D eigenvalue weighted by molar-refractivity contribution is 9.10. The van der Waals surface area contributed by atoms with Gasteiger partial charge in [-0.15, -0.1) is 0 Å². The molecule has 1 unspecified atom stereocenters. The fourth-order valence-electron chi connectivity index (χ4n) is 1.52. The Bertz CT molecular complexity index is 384. The van der Waals surface area contributed by atoms with Gasteiger partial charge in [0.1, 0.15) is 0 Å². The highest BCUT2D eigenvalue weighted by Crippen LogP contribution is 2.19. The second-order valence-electron chi connectivity index (χ2n) is 3.95. The minimum Gasteiger partial charge on any atom is -0.481 e. The van der Waals surface area contributed by atoms with E-state index in [0.717, 1.165) is 10.2 Å². The number of carboxylic acids is 1. The molecule has 1 aromatic carbocycles. The van der Waals surface area contributed by atoms with Crippen LogP contribution in [0.25, 0.3) is 0 Å². The number of anilines is 1. The molecular weight excluding hydrogens is 286 g/mol. The molecule has 0 aliphatic rings. The third-order valence-electron chi connectivity index (χ3n) is 2.43. The lowest BCUT2D eigenvalue weighted by molar-refractivity contribution is -0.137. The van der Waals surface area contributed by atoms with Gasteiger partial charge in [-0.25, -0.2) is 0 Å². The van der Waals surface area contributed by atoms with E-state index in [-0.39, 0.29) is 12.8 Å². The number of carbonyl (C=O) groups is 1. The third kappa shape index (κ3) is 5.19. The first kappa shape index (κ1) is 14.0. The molecule has 17 heavy (non-hydrogen) atoms. The lowest BCUT2D eigenvalue weighted by Crippen LogP contribution is -2.29. The number of hydrogen-bond acceptors (Lipinski definition) is 3. The van der Waals surface area contributed by atoms with E-state index in [1.54, 1.807) is 0 Å². The van der Waals surface area contributed by atoms with Crippen molar-refractivity contribution in [2.24, 2.45) is 0 Å². The van der Waals surface area contributed by atoms with Gasteiger partial charge in [-0.3, -0.25) is 4.79 Å². The van der Waals surface area contributed by atoms with E-state index < -0.39 is 12.1 Å². The molecule has 0 spiro atoms. The molecule has 0 fully saturated rings. The monoisotopic (exact) mass is 301 g/mol. The first-order valence-electron chi connectivity index (χ1n) is 5.35. The molecule has 4 nitrogen and oxygen atoms in total. The van der Waals surface area contributed by atoms with Gasteiger partial charge in [0, 0.05) is 30.2 Å². The first-order valence-corrected chi connectivity index (χ1v) is 6.15. The average Bonchev–Trinajstić information content (AvgIpc) is 2.26. The van der Waals surface area contributed by atoms with Crippen molar-refractivity contribution in [3.63, 3.8) is 0 Å². The summed E-state index contributed by atoms with van der Waals surface area (Å²) >= 11 is 3.38. The van der Waals surface area contributed by atoms with Gasteiger partial charge < -0.3 is 15.1 Å². The van der Waals surface area contributed by atoms with Crippen molar-refractivity contribution in [2.45, 2.75) is 18.9 Å². The predicted molar refractivity (Wildman–Crippen MR) is 70.3 cm³/mol. The maximum Gasteiger partial charge on any atom is 0.303 e. The minimum absolute atomic E-state index is 0.00646. The van der Waals surface area contributed by atoms with Gasteiger partial charge in [0.15, 0.2) is 0 Å². The number of nitrogens with zero attached hydrogens (tertiary/aromatic N) is 1. The summed E-state index contributed by atoms with van der Waals surface area (Å²) in [6, 6.07) is 7.73. The highest BCUT2D eigenvalue weighted by Gasteiger charge is 2.10. The van der Waals surface area contributed by atoms with Gasteiger partial charge in [0.2, 0.25) is 0 Å². The molecule has 0 saturated heterocycles. The molecule has 94 valence electrons. The lowest BCUT2D eigenvalue weighted by atomic mass is 10.2. The molecule has 0 heterocycles. The summed E-state index contributed by atoms with van der Waals surface area (Å²) in [5, 5.41) is 18.2. The van der Waals surface area contributed by atoms with Crippen molar-refractivity contribution >= 4 is 27.6 Å². The van der Waals surface area contributed by atoms with Crippen LogP contribution >= 0.6 is 15.9 Å². The summed E-state index contributed by atoms with van der Waals surface area (Å²) in [5.74, 6) is -0.880. The fraction of sp³-hybridized carbons (Fsp3) is 0.417. The Kier molecular flexibility index (Phi) is 5.44. The molecule has 0 aliphatic carbocycles. The van der Waals surface area contributed by atoms with Crippen LogP contribution in [0.3, 0.4) is 0 Å². The molecule has 0 aromatic heterocycles. The number of aliphatic carboxylic acids is 1. The van der Waals surface area contributed by atoms with Crippen LogP contribution in [0.4, 0.5) is 5.69 Å². The number of halogens is 1. The van der Waals surface area contributed by atoms with Crippen molar-refractivity contribution in [1.82, 2.24) is 0 Å². The van der Waals surface area contributed by atoms with Crippen LogP contribution in [0, 0.1) is 0 Å². The van der Waals surface area contributed by atoms with Crippen molar-refractivity contribution < 1.29 is 15.0 Å². The second-order valence-corrected chi connectivity index (χ2v) is 4.86. The zero-order chi connectivity index (χ0) is 12.8. The normalized spacial score (nSPS) is 12.2. The van der Waals surface area contributed by atoms with Crippen LogP contribution in [0.1, 0.15) is 12.8 Å². The maximum atomic E-state index is 10.4. The van der Waals surface area contributed by atoms with Crippen LogP contribution in [0.2, 0.25) is 0 Å². The number of likely N-dealkylation sites (N-methyl/N-ethyl adjacent to an activating group) is 1. The summed E-state index contributed by atoms with van der Waals surface area (Å²) in [6.45, 7) is 0.420. The van der Waals surface area contributed by atoms with Crippen molar-refractivity contribution in [1.29, 1.82) is 0 Å². The number of hydrogen-bond donors (Lipinski definition) is 2. The molecule has 0 radical (unpaired) electrons. The number of aliphatic hydroxyl groups excluding tert-OH is 1. The zero-order valence-electron chi connectivity index (χ0n) is 9.64. The molecule has 1 aromatic rings. The van der Waals surface area contributed by atoms with Crippen LogP contribution < -0.4 is 4.90 Å². The van der Waals surface area contributed by atoms with Crippen LogP contribution in [0.5, 0.6) is 0 Å². The molecular formula is C12H16BrNO3. The van der Waals surface area contributed by atoms with E-state index in [0.29, 0.717) is 6.54 Å². The van der Waals surface area contributed by atoms with E-state index >= 15 is 0 Å². The highest BCUT2D eigenvalue weighted by atomic mass is 79.9. The smallest absolute Gasteiger partial charge is 0.303 e. The Morgan fingerprint density at radius 3 is 2.82 bits per heavy atom. The summed E-state index contributed by atoms with van der Waals surface area (Å²) in [4.78, 5) is 12.3. The average molecular weight is 302 g/mol. The second kappa shape index (κ2) is 6.61. The Balaban J connectivity index is 2.48. The minimum atomic E-state index is -0.880. The van der Waals surface area contributed by atoms with Gasteiger partial charge in [-0.1, -0.05) is 22.0 Å². The first-order chi connectivity index (χ1) is 7.99. The molecule has 5 heteroatoms. The van der Waals surface area contributed by atoms with Gasteiger partial charge in [-0.2, -0.15) is 0 Å². The molecule has 0 aliphatic heterocycles. The summed E-state index contributed by atoms with van der Waals surface area (Å²) in [5.41, 5.74) is 0.980. The molecule has 1 rings (SSSR count). The van der Waals surface area contributed by atoms with Gasteiger partial charge in [0.25, 0.3) is 0 Å². The van der Waals surface area contributed by atoms with E-state index in [9.17, 15) is 9.90 Å². The van der Waals surface area contributed by atoms with Gasteiger partial charge in [-0.05, 0) is 24.6 Å². The van der Waals surface area contributed by atoms with E-state index in [1.165, 1.54) is 0 Å². The predicted octanol–water partition coefficient (Wildman–Crippen LogP) is 2.11. The summed E-state index contributed by atoms with van der Waals surface area (Å²) < 4.78 is 0.974. The summed E-state index contributed by atoms with van der Waals surface area (Å²) in [7, 11) is 1.87. The number of carboxylic acid groups (broad SMARTS) is 1. The van der Waals surface area contributed by atoms with Crippen molar-refractivity contribution in [3.05, 3.63) is 28.7 Å². The van der Waals surface area contributed by atoms with Crippen LogP contribution in [-0.2, 0) is 4.79 Å². The van der Waals surface area contributed by atoms with Crippen molar-refractivity contribution in [3.8, 4) is 0 Å². The largest absolute Gasteiger partial charge is 0.481 e. The number of rotatable bonds is 6. The zero-order valence-corrected chi connectivity index (χ0v) is 11.2. The lowest BCUT2D eigenvalue weighted by Gasteiger charge is -2.22. The Hall–Kier alpha value is -1.07. The molecule has 1 atom stereocenters. The number of benzene rings is 1. The fourth-order valence-corrected chi connectivity index (χ4v) is 1.90. The van der Waals surface area contributed by atoms with E-state index in [1.807, 2.05) is 36.2 Å². The standard InChI is InChI=1S/C12H16BrNO3/c1-14(8-11(15)5-6-12(16)17)10-4-2-3-9(13)7-10/h2-4,7,11,15H,5-6,8H2,1H3,(H,16,17). The molecule has 0 bridgehead atoms. The molecule has 2 N–H and O–H groups in total. The summed E-state index contributed by atoms with van der Waals surface area (Å²) in [6.07, 6.45) is -0.365. The van der Waals surface area contributed by atoms with Crippen molar-refractivity contribution in [2.75, 3.05) is 18.5 Å². The van der Waals surface area contributed by atoms with Crippen LogP contribution in [-0.4, -0.2) is 35.9 Å². The van der Waals surface area contributed by atoms with Gasteiger partial charge in [0.05, 0.1) is 6.10 Å². The van der Waals surface area contributed by atoms with E-state index in [2.05, 4.69) is 15.9 Å². The Morgan fingerprint density at radius 2 is 2.24 bits per heavy atom.